The Morgan fingerprint density at radius 2 is 2.29 bits per heavy atom. The van der Waals surface area contributed by atoms with Gasteiger partial charge in [0.15, 0.2) is 0 Å². The normalized spacial score (nSPS) is 20.4. The molecule has 2 nitrogen and oxygen atoms in total. The van der Waals surface area contributed by atoms with Crippen molar-refractivity contribution >= 4 is 15.9 Å². The Balaban J connectivity index is 2.54. The maximum Gasteiger partial charge on any atom is 0.123 e. The highest BCUT2D eigenvalue weighted by Crippen LogP contribution is 2.36. The van der Waals surface area contributed by atoms with Crippen LogP contribution < -0.4 is 10.5 Å². The first-order chi connectivity index (χ1) is 6.72. The van der Waals surface area contributed by atoms with Gasteiger partial charge in [0, 0.05) is 10.5 Å². The predicted molar refractivity (Wildman–Crippen MR) is 60.6 cm³/mol. The summed E-state index contributed by atoms with van der Waals surface area (Å²) in [4.78, 5) is 0. The number of hydrogen-bond donors (Lipinski definition) is 1. The number of fused-ring (bicyclic) bond motifs is 1. The molecule has 2 N–H and O–H groups in total. The SMILES string of the molecule is COc1cc(Br)cc2c1CCC[C@@H]2N. The smallest absolute Gasteiger partial charge is 0.123 e. The van der Waals surface area contributed by atoms with Gasteiger partial charge >= 0.3 is 0 Å². The van der Waals surface area contributed by atoms with Gasteiger partial charge in [0.1, 0.15) is 5.75 Å². The second-order valence-electron chi connectivity index (χ2n) is 3.67. The van der Waals surface area contributed by atoms with Crippen LogP contribution in [0.25, 0.3) is 0 Å². The van der Waals surface area contributed by atoms with Gasteiger partial charge in [-0.05, 0) is 42.5 Å². The van der Waals surface area contributed by atoms with E-state index in [1.807, 2.05) is 6.07 Å². The van der Waals surface area contributed by atoms with Crippen LogP contribution >= 0.6 is 15.9 Å². The molecule has 0 fully saturated rings. The van der Waals surface area contributed by atoms with Gasteiger partial charge in [-0.1, -0.05) is 15.9 Å². The molecule has 76 valence electrons. The summed E-state index contributed by atoms with van der Waals surface area (Å²) in [6.45, 7) is 0. The fourth-order valence-corrected chi connectivity index (χ4v) is 2.52. The van der Waals surface area contributed by atoms with E-state index in [9.17, 15) is 0 Å². The van der Waals surface area contributed by atoms with E-state index >= 15 is 0 Å². The molecular formula is C11H14BrNO. The number of benzene rings is 1. The van der Waals surface area contributed by atoms with E-state index in [1.54, 1.807) is 7.11 Å². The Morgan fingerprint density at radius 1 is 1.50 bits per heavy atom. The highest BCUT2D eigenvalue weighted by atomic mass is 79.9. The standard InChI is InChI=1S/C11H14BrNO/c1-14-11-6-7(12)5-9-8(11)3-2-4-10(9)13/h5-6,10H,2-4,13H2,1H3/t10-/m0/s1. The molecule has 0 aliphatic heterocycles. The number of halogens is 1. The lowest BCUT2D eigenvalue weighted by molar-refractivity contribution is 0.403. The largest absolute Gasteiger partial charge is 0.496 e. The minimum absolute atomic E-state index is 0.171. The van der Waals surface area contributed by atoms with Gasteiger partial charge in [-0.25, -0.2) is 0 Å². The second kappa shape index (κ2) is 3.91. The summed E-state index contributed by atoms with van der Waals surface area (Å²) in [6, 6.07) is 4.30. The molecule has 1 aliphatic rings. The van der Waals surface area contributed by atoms with E-state index < -0.39 is 0 Å². The molecule has 0 radical (unpaired) electrons. The van der Waals surface area contributed by atoms with Crippen molar-refractivity contribution in [3.63, 3.8) is 0 Å². The molecule has 0 unspecified atom stereocenters. The zero-order chi connectivity index (χ0) is 10.1. The Kier molecular flexibility index (Phi) is 2.79. The number of ether oxygens (including phenoxy) is 1. The van der Waals surface area contributed by atoms with Gasteiger partial charge in [0.05, 0.1) is 7.11 Å². The van der Waals surface area contributed by atoms with Crippen LogP contribution in [-0.2, 0) is 6.42 Å². The first kappa shape index (κ1) is 9.99. The molecule has 0 bridgehead atoms. The molecular weight excluding hydrogens is 242 g/mol. The third-order valence-corrected chi connectivity index (χ3v) is 3.23. The molecule has 14 heavy (non-hydrogen) atoms. The molecule has 1 aromatic carbocycles. The summed E-state index contributed by atoms with van der Waals surface area (Å²) >= 11 is 3.47. The van der Waals surface area contributed by atoms with Crippen molar-refractivity contribution in [1.82, 2.24) is 0 Å². The van der Waals surface area contributed by atoms with Gasteiger partial charge in [-0.2, -0.15) is 0 Å². The highest BCUT2D eigenvalue weighted by molar-refractivity contribution is 9.10. The Labute approximate surface area is 92.6 Å². The molecule has 0 heterocycles. The second-order valence-corrected chi connectivity index (χ2v) is 4.59. The predicted octanol–water partition coefficient (Wildman–Crippen LogP) is 2.79. The minimum atomic E-state index is 0.171. The molecule has 0 saturated heterocycles. The summed E-state index contributed by atoms with van der Waals surface area (Å²) in [5.74, 6) is 0.963. The van der Waals surface area contributed by atoms with Crippen LogP contribution in [0.4, 0.5) is 0 Å². The average Bonchev–Trinajstić information content (AvgIpc) is 2.18. The summed E-state index contributed by atoms with van der Waals surface area (Å²) in [7, 11) is 1.71. The van der Waals surface area contributed by atoms with Crippen LogP contribution in [-0.4, -0.2) is 7.11 Å². The quantitative estimate of drug-likeness (QED) is 0.838. The molecule has 0 aromatic heterocycles. The maximum absolute atomic E-state index is 6.06. The van der Waals surface area contributed by atoms with Crippen molar-refractivity contribution in [3.8, 4) is 5.75 Å². The summed E-state index contributed by atoms with van der Waals surface area (Å²) < 4.78 is 6.40. The fourth-order valence-electron chi connectivity index (χ4n) is 2.07. The molecule has 0 saturated carbocycles. The number of methoxy groups -OCH3 is 1. The summed E-state index contributed by atoms with van der Waals surface area (Å²) in [5, 5.41) is 0. The topological polar surface area (TPSA) is 35.2 Å². The monoisotopic (exact) mass is 255 g/mol. The van der Waals surface area contributed by atoms with Gasteiger partial charge in [0.2, 0.25) is 0 Å². The maximum atomic E-state index is 6.06. The summed E-state index contributed by atoms with van der Waals surface area (Å²) in [5.41, 5.74) is 8.59. The van der Waals surface area contributed by atoms with E-state index in [2.05, 4.69) is 22.0 Å². The van der Waals surface area contributed by atoms with Crippen LogP contribution in [0.1, 0.15) is 30.0 Å². The Morgan fingerprint density at radius 3 is 3.00 bits per heavy atom. The molecule has 0 amide bonds. The molecule has 0 spiro atoms. The van der Waals surface area contributed by atoms with Crippen molar-refractivity contribution in [2.45, 2.75) is 25.3 Å². The first-order valence-corrected chi connectivity index (χ1v) is 5.63. The molecule has 3 heteroatoms. The number of rotatable bonds is 1. The fraction of sp³-hybridized carbons (Fsp3) is 0.455. The van der Waals surface area contributed by atoms with E-state index in [-0.39, 0.29) is 6.04 Å². The van der Waals surface area contributed by atoms with E-state index in [0.717, 1.165) is 29.5 Å². The number of hydrogen-bond acceptors (Lipinski definition) is 2. The lowest BCUT2D eigenvalue weighted by Crippen LogP contribution is -2.18. The van der Waals surface area contributed by atoms with Crippen molar-refractivity contribution in [2.75, 3.05) is 7.11 Å². The lowest BCUT2D eigenvalue weighted by atomic mass is 9.88. The zero-order valence-corrected chi connectivity index (χ0v) is 9.80. The van der Waals surface area contributed by atoms with Crippen LogP contribution in [0.15, 0.2) is 16.6 Å². The molecule has 1 aliphatic carbocycles. The van der Waals surface area contributed by atoms with Gasteiger partial charge < -0.3 is 10.5 Å². The van der Waals surface area contributed by atoms with Crippen LogP contribution in [0, 0.1) is 0 Å². The molecule has 1 atom stereocenters. The minimum Gasteiger partial charge on any atom is -0.496 e. The number of nitrogens with two attached hydrogens (primary N) is 1. The first-order valence-electron chi connectivity index (χ1n) is 4.84. The van der Waals surface area contributed by atoms with E-state index in [0.29, 0.717) is 0 Å². The third kappa shape index (κ3) is 1.66. The van der Waals surface area contributed by atoms with Crippen LogP contribution in [0.3, 0.4) is 0 Å². The zero-order valence-electron chi connectivity index (χ0n) is 8.22. The molecule has 1 aromatic rings. The van der Waals surface area contributed by atoms with Crippen molar-refractivity contribution in [2.24, 2.45) is 5.73 Å². The van der Waals surface area contributed by atoms with Gasteiger partial charge in [-0.15, -0.1) is 0 Å². The van der Waals surface area contributed by atoms with E-state index in [4.69, 9.17) is 10.5 Å². The Bertz CT molecular complexity index is 351. The summed E-state index contributed by atoms with van der Waals surface area (Å²) in [6.07, 6.45) is 3.32. The van der Waals surface area contributed by atoms with Crippen molar-refractivity contribution < 1.29 is 4.74 Å². The van der Waals surface area contributed by atoms with Crippen LogP contribution in [0.5, 0.6) is 5.75 Å². The van der Waals surface area contributed by atoms with E-state index in [1.165, 1.54) is 11.1 Å². The average molecular weight is 256 g/mol. The molecule has 2 rings (SSSR count). The van der Waals surface area contributed by atoms with Crippen LogP contribution in [0.2, 0.25) is 0 Å². The lowest BCUT2D eigenvalue weighted by Gasteiger charge is -2.24. The van der Waals surface area contributed by atoms with Crippen molar-refractivity contribution in [1.29, 1.82) is 0 Å². The van der Waals surface area contributed by atoms with Gasteiger partial charge in [-0.3, -0.25) is 0 Å². The third-order valence-electron chi connectivity index (χ3n) is 2.77. The Hall–Kier alpha value is -0.540. The van der Waals surface area contributed by atoms with Crippen molar-refractivity contribution in [3.05, 3.63) is 27.7 Å². The van der Waals surface area contributed by atoms with Gasteiger partial charge in [0.25, 0.3) is 0 Å². The highest BCUT2D eigenvalue weighted by Gasteiger charge is 2.20.